The van der Waals surface area contributed by atoms with E-state index < -0.39 is 0 Å². The third-order valence-electron chi connectivity index (χ3n) is 2.98. The molecule has 2 unspecified atom stereocenters. The molecular formula is C9H16O. The molecule has 1 heteroatoms. The van der Waals surface area contributed by atoms with Crippen LogP contribution in [0.2, 0.25) is 0 Å². The van der Waals surface area contributed by atoms with Crippen molar-refractivity contribution >= 4 is 0 Å². The van der Waals surface area contributed by atoms with Gasteiger partial charge in [-0.15, -0.1) is 0 Å². The maximum atomic E-state index is 5.56. The predicted molar refractivity (Wildman–Crippen MR) is 40.8 cm³/mol. The lowest BCUT2D eigenvalue weighted by molar-refractivity contribution is -0.178. The monoisotopic (exact) mass is 140 g/mol. The Morgan fingerprint density at radius 2 is 1.60 bits per heavy atom. The molecule has 1 aliphatic carbocycles. The van der Waals surface area contributed by atoms with Crippen molar-refractivity contribution in [2.75, 3.05) is 0 Å². The highest BCUT2D eigenvalue weighted by atomic mass is 16.5. The van der Waals surface area contributed by atoms with E-state index in [9.17, 15) is 0 Å². The van der Waals surface area contributed by atoms with Crippen molar-refractivity contribution in [3.05, 3.63) is 0 Å². The highest BCUT2D eigenvalue weighted by Gasteiger charge is 2.39. The van der Waals surface area contributed by atoms with Crippen LogP contribution in [0, 0.1) is 11.8 Å². The summed E-state index contributed by atoms with van der Waals surface area (Å²) in [5.41, 5.74) is 0. The first kappa shape index (κ1) is 6.66. The standard InChI is InChI=1S/C9H16O/c1-6(2)7-3-8-5-9(4-7)10-8/h6-9H,3-5H2,1-2H3. The largest absolute Gasteiger partial charge is 0.375 e. The van der Waals surface area contributed by atoms with Gasteiger partial charge in [-0.2, -0.15) is 0 Å². The normalized spacial score (nSPS) is 45.3. The third-order valence-corrected chi connectivity index (χ3v) is 2.98. The predicted octanol–water partition coefficient (Wildman–Crippen LogP) is 2.21. The second-order valence-electron chi connectivity index (χ2n) is 4.09. The van der Waals surface area contributed by atoms with E-state index >= 15 is 0 Å². The molecule has 0 aromatic carbocycles. The number of fused-ring (bicyclic) bond motifs is 2. The molecule has 10 heavy (non-hydrogen) atoms. The smallest absolute Gasteiger partial charge is 0.0606 e. The summed E-state index contributed by atoms with van der Waals surface area (Å²) in [6.45, 7) is 4.66. The summed E-state index contributed by atoms with van der Waals surface area (Å²) in [4.78, 5) is 0. The molecule has 2 aliphatic heterocycles. The average Bonchev–Trinajstić information content (AvgIpc) is 1.86. The molecular weight excluding hydrogens is 124 g/mol. The maximum absolute atomic E-state index is 5.56. The molecule has 0 radical (unpaired) electrons. The lowest BCUT2D eigenvalue weighted by Crippen LogP contribution is -2.46. The van der Waals surface area contributed by atoms with Crippen molar-refractivity contribution in [1.82, 2.24) is 0 Å². The first-order valence-electron chi connectivity index (χ1n) is 4.41. The molecule has 0 spiro atoms. The summed E-state index contributed by atoms with van der Waals surface area (Å²) in [6, 6.07) is 0. The molecule has 0 aromatic heterocycles. The summed E-state index contributed by atoms with van der Waals surface area (Å²) < 4.78 is 5.56. The van der Waals surface area contributed by atoms with Crippen LogP contribution in [0.5, 0.6) is 0 Å². The molecule has 0 aromatic rings. The Bertz CT molecular complexity index is 115. The summed E-state index contributed by atoms with van der Waals surface area (Å²) >= 11 is 0. The Labute approximate surface area is 62.8 Å². The van der Waals surface area contributed by atoms with Gasteiger partial charge in [-0.1, -0.05) is 13.8 Å². The first-order chi connectivity index (χ1) is 4.75. The lowest BCUT2D eigenvalue weighted by atomic mass is 9.75. The molecule has 3 rings (SSSR count). The fourth-order valence-corrected chi connectivity index (χ4v) is 2.17. The fraction of sp³-hybridized carbons (Fsp3) is 1.00. The number of ether oxygens (including phenoxy) is 1. The van der Waals surface area contributed by atoms with E-state index in [1.54, 1.807) is 0 Å². The number of rotatable bonds is 1. The molecule has 3 aliphatic rings. The summed E-state index contributed by atoms with van der Waals surface area (Å²) in [5.74, 6) is 1.83. The van der Waals surface area contributed by atoms with E-state index in [1.807, 2.05) is 0 Å². The van der Waals surface area contributed by atoms with Crippen LogP contribution in [0.1, 0.15) is 33.1 Å². The minimum atomic E-state index is 0.645. The Morgan fingerprint density at radius 1 is 1.10 bits per heavy atom. The second-order valence-corrected chi connectivity index (χ2v) is 4.09. The zero-order chi connectivity index (χ0) is 7.14. The minimum absolute atomic E-state index is 0.645. The summed E-state index contributed by atoms with van der Waals surface area (Å²) in [5, 5.41) is 0. The van der Waals surface area contributed by atoms with Gasteiger partial charge in [-0.3, -0.25) is 0 Å². The van der Waals surface area contributed by atoms with Crippen LogP contribution >= 0.6 is 0 Å². The molecule has 0 N–H and O–H groups in total. The van der Waals surface area contributed by atoms with E-state index in [4.69, 9.17) is 4.74 Å². The quantitative estimate of drug-likeness (QED) is 0.542. The van der Waals surface area contributed by atoms with Crippen LogP contribution in [-0.2, 0) is 4.74 Å². The topological polar surface area (TPSA) is 9.23 Å². The van der Waals surface area contributed by atoms with Crippen LogP contribution in [0.4, 0.5) is 0 Å². The number of hydrogen-bond acceptors (Lipinski definition) is 1. The fourth-order valence-electron chi connectivity index (χ4n) is 2.17. The van der Waals surface area contributed by atoms with Gasteiger partial charge < -0.3 is 4.74 Å². The minimum Gasteiger partial charge on any atom is -0.375 e. The van der Waals surface area contributed by atoms with Gasteiger partial charge >= 0.3 is 0 Å². The van der Waals surface area contributed by atoms with Gasteiger partial charge in [0.25, 0.3) is 0 Å². The number of hydrogen-bond donors (Lipinski definition) is 0. The molecule has 2 saturated heterocycles. The van der Waals surface area contributed by atoms with Crippen LogP contribution in [-0.4, -0.2) is 12.2 Å². The molecule has 1 nitrogen and oxygen atoms in total. The van der Waals surface area contributed by atoms with Crippen LogP contribution in [0.15, 0.2) is 0 Å². The van der Waals surface area contributed by atoms with Gasteiger partial charge in [-0.05, 0) is 31.1 Å². The van der Waals surface area contributed by atoms with E-state index in [1.165, 1.54) is 19.3 Å². The van der Waals surface area contributed by atoms with Crippen LogP contribution in [0.3, 0.4) is 0 Å². The Morgan fingerprint density at radius 3 is 1.90 bits per heavy atom. The molecule has 1 saturated carbocycles. The van der Waals surface area contributed by atoms with E-state index in [0.717, 1.165) is 11.8 Å². The zero-order valence-electron chi connectivity index (χ0n) is 6.84. The van der Waals surface area contributed by atoms with Crippen molar-refractivity contribution in [1.29, 1.82) is 0 Å². The van der Waals surface area contributed by atoms with Crippen LogP contribution < -0.4 is 0 Å². The molecule has 58 valence electrons. The Hall–Kier alpha value is -0.0400. The summed E-state index contributed by atoms with van der Waals surface area (Å²) in [7, 11) is 0. The Balaban J connectivity index is 1.91. The van der Waals surface area contributed by atoms with E-state index in [2.05, 4.69) is 13.8 Å². The highest BCUT2D eigenvalue weighted by molar-refractivity contribution is 4.89. The van der Waals surface area contributed by atoms with Gasteiger partial charge in [0.05, 0.1) is 12.2 Å². The van der Waals surface area contributed by atoms with Gasteiger partial charge in [0, 0.05) is 0 Å². The molecule has 3 fully saturated rings. The van der Waals surface area contributed by atoms with Crippen molar-refractivity contribution in [2.24, 2.45) is 11.8 Å². The van der Waals surface area contributed by atoms with E-state index in [0.29, 0.717) is 12.2 Å². The summed E-state index contributed by atoms with van der Waals surface area (Å²) in [6.07, 6.45) is 5.29. The zero-order valence-corrected chi connectivity index (χ0v) is 6.84. The van der Waals surface area contributed by atoms with Crippen molar-refractivity contribution in [2.45, 2.75) is 45.3 Å². The molecule has 0 amide bonds. The molecule has 2 heterocycles. The van der Waals surface area contributed by atoms with Crippen molar-refractivity contribution < 1.29 is 4.74 Å². The first-order valence-corrected chi connectivity index (χ1v) is 4.41. The van der Waals surface area contributed by atoms with E-state index in [-0.39, 0.29) is 0 Å². The van der Waals surface area contributed by atoms with Gasteiger partial charge in [0.15, 0.2) is 0 Å². The second kappa shape index (κ2) is 2.23. The SMILES string of the molecule is CC(C)C1CC2CC(C1)O2. The van der Waals surface area contributed by atoms with Gasteiger partial charge in [-0.25, -0.2) is 0 Å². The van der Waals surface area contributed by atoms with Crippen molar-refractivity contribution in [3.63, 3.8) is 0 Å². The lowest BCUT2D eigenvalue weighted by Gasteiger charge is -2.46. The van der Waals surface area contributed by atoms with Gasteiger partial charge in [0.1, 0.15) is 0 Å². The highest BCUT2D eigenvalue weighted by Crippen LogP contribution is 2.40. The third kappa shape index (κ3) is 0.968. The molecule has 2 bridgehead atoms. The van der Waals surface area contributed by atoms with Crippen LogP contribution in [0.25, 0.3) is 0 Å². The Kier molecular flexibility index (Phi) is 1.48. The van der Waals surface area contributed by atoms with Crippen molar-refractivity contribution in [3.8, 4) is 0 Å². The average molecular weight is 140 g/mol. The maximum Gasteiger partial charge on any atom is 0.0606 e. The van der Waals surface area contributed by atoms with Gasteiger partial charge in [0.2, 0.25) is 0 Å². The molecule has 2 atom stereocenters.